The van der Waals surface area contributed by atoms with E-state index in [4.69, 9.17) is 5.73 Å². The quantitative estimate of drug-likeness (QED) is 0.732. The van der Waals surface area contributed by atoms with Gasteiger partial charge in [0.2, 0.25) is 5.91 Å². The molecule has 0 aromatic heterocycles. The predicted octanol–water partition coefficient (Wildman–Crippen LogP) is 0.276. The van der Waals surface area contributed by atoms with Crippen LogP contribution in [0, 0.1) is 0 Å². The molecule has 1 rings (SSSR count). The molecule has 0 saturated carbocycles. The molecule has 1 heterocycles. The van der Waals surface area contributed by atoms with Gasteiger partial charge in [0.25, 0.3) is 0 Å². The van der Waals surface area contributed by atoms with Crippen LogP contribution in [0.1, 0.15) is 26.7 Å². The first-order valence-corrected chi connectivity index (χ1v) is 5.74. The first-order chi connectivity index (χ1) is 7.00. The van der Waals surface area contributed by atoms with E-state index in [2.05, 4.69) is 4.90 Å². The maximum atomic E-state index is 11.8. The molecule has 0 unspecified atom stereocenters. The Balaban J connectivity index is 2.32. The lowest BCUT2D eigenvalue weighted by Crippen LogP contribution is -2.46. The van der Waals surface area contributed by atoms with E-state index in [1.54, 1.807) is 4.90 Å². The zero-order valence-corrected chi connectivity index (χ0v) is 10.1. The minimum atomic E-state index is 0.209. The normalized spacial score (nSPS) is 19.5. The second-order valence-corrected chi connectivity index (χ2v) is 4.71. The van der Waals surface area contributed by atoms with Crippen LogP contribution in [0.25, 0.3) is 0 Å². The Morgan fingerprint density at radius 3 is 2.47 bits per heavy atom. The van der Waals surface area contributed by atoms with Crippen LogP contribution in [0.15, 0.2) is 0 Å². The number of likely N-dealkylation sites (tertiary alicyclic amines) is 1. The number of amides is 1. The molecular formula is C11H23N3O. The van der Waals surface area contributed by atoms with Gasteiger partial charge in [-0.3, -0.25) is 9.69 Å². The van der Waals surface area contributed by atoms with E-state index >= 15 is 0 Å². The Morgan fingerprint density at radius 2 is 2.00 bits per heavy atom. The zero-order chi connectivity index (χ0) is 11.4. The molecule has 4 heteroatoms. The van der Waals surface area contributed by atoms with Gasteiger partial charge in [-0.25, -0.2) is 0 Å². The van der Waals surface area contributed by atoms with E-state index in [-0.39, 0.29) is 11.9 Å². The molecule has 1 amide bonds. The lowest BCUT2D eigenvalue weighted by atomic mass is 10.1. The smallest absolute Gasteiger partial charge is 0.236 e. The van der Waals surface area contributed by atoms with Crippen molar-refractivity contribution >= 4 is 5.91 Å². The largest absolute Gasteiger partial charge is 0.342 e. The minimum Gasteiger partial charge on any atom is -0.342 e. The first-order valence-electron chi connectivity index (χ1n) is 5.74. The number of hydrogen-bond donors (Lipinski definition) is 1. The first kappa shape index (κ1) is 12.5. The Morgan fingerprint density at radius 1 is 1.47 bits per heavy atom. The number of likely N-dealkylation sites (N-methyl/N-ethyl adjacent to an activating group) is 1. The number of piperidine rings is 1. The van der Waals surface area contributed by atoms with E-state index < -0.39 is 0 Å². The molecule has 1 aliphatic rings. The summed E-state index contributed by atoms with van der Waals surface area (Å²) in [6, 6.07) is 0.615. The molecule has 0 atom stereocenters. The van der Waals surface area contributed by atoms with Gasteiger partial charge in [0.15, 0.2) is 0 Å². The summed E-state index contributed by atoms with van der Waals surface area (Å²) in [7, 11) is 1.86. The zero-order valence-electron chi connectivity index (χ0n) is 10.1. The molecule has 1 aliphatic heterocycles. The van der Waals surface area contributed by atoms with Gasteiger partial charge in [0, 0.05) is 32.2 Å². The van der Waals surface area contributed by atoms with Gasteiger partial charge in [-0.1, -0.05) is 0 Å². The lowest BCUT2D eigenvalue weighted by Gasteiger charge is -2.31. The molecule has 88 valence electrons. The van der Waals surface area contributed by atoms with Crippen LogP contribution in [0.2, 0.25) is 0 Å². The van der Waals surface area contributed by atoms with Crippen molar-refractivity contribution in [1.29, 1.82) is 0 Å². The molecule has 1 saturated heterocycles. The van der Waals surface area contributed by atoms with Gasteiger partial charge in [-0.05, 0) is 26.7 Å². The highest BCUT2D eigenvalue weighted by atomic mass is 16.2. The average Bonchev–Trinajstić information content (AvgIpc) is 2.20. The second-order valence-electron chi connectivity index (χ2n) is 4.71. The van der Waals surface area contributed by atoms with Crippen molar-refractivity contribution in [1.82, 2.24) is 9.80 Å². The predicted molar refractivity (Wildman–Crippen MR) is 61.6 cm³/mol. The summed E-state index contributed by atoms with van der Waals surface area (Å²) < 4.78 is 0. The fourth-order valence-electron chi connectivity index (χ4n) is 1.70. The third-order valence-electron chi connectivity index (χ3n) is 3.16. The van der Waals surface area contributed by atoms with Crippen molar-refractivity contribution in [2.24, 2.45) is 5.73 Å². The molecule has 0 bridgehead atoms. The van der Waals surface area contributed by atoms with Gasteiger partial charge < -0.3 is 10.6 Å². The van der Waals surface area contributed by atoms with Crippen molar-refractivity contribution in [3.63, 3.8) is 0 Å². The summed E-state index contributed by atoms with van der Waals surface area (Å²) >= 11 is 0. The molecule has 0 spiro atoms. The molecular weight excluding hydrogens is 190 g/mol. The Kier molecular flexibility index (Phi) is 4.54. The summed E-state index contributed by atoms with van der Waals surface area (Å²) in [6.07, 6.45) is 2.03. The minimum absolute atomic E-state index is 0.209. The van der Waals surface area contributed by atoms with Gasteiger partial charge in [0.1, 0.15) is 0 Å². The molecule has 0 aromatic carbocycles. The maximum absolute atomic E-state index is 11.8. The van der Waals surface area contributed by atoms with Crippen molar-refractivity contribution in [3.05, 3.63) is 0 Å². The third-order valence-corrected chi connectivity index (χ3v) is 3.16. The fourth-order valence-corrected chi connectivity index (χ4v) is 1.70. The number of hydrogen-bond acceptors (Lipinski definition) is 3. The summed E-state index contributed by atoms with van der Waals surface area (Å²) in [4.78, 5) is 15.8. The highest BCUT2D eigenvalue weighted by Crippen LogP contribution is 2.08. The molecule has 2 N–H and O–H groups in total. The van der Waals surface area contributed by atoms with Gasteiger partial charge in [0.05, 0.1) is 6.54 Å². The molecule has 15 heavy (non-hydrogen) atoms. The number of rotatable bonds is 3. The summed E-state index contributed by atoms with van der Waals surface area (Å²) in [5.74, 6) is 0.209. The van der Waals surface area contributed by atoms with Crippen LogP contribution in [-0.4, -0.2) is 54.5 Å². The van der Waals surface area contributed by atoms with Gasteiger partial charge in [-0.15, -0.1) is 0 Å². The highest BCUT2D eigenvalue weighted by Gasteiger charge is 2.20. The van der Waals surface area contributed by atoms with Crippen LogP contribution < -0.4 is 5.73 Å². The standard InChI is InChI=1S/C11H23N3O/c1-9(2)13(3)11(15)8-14-6-4-10(12)5-7-14/h9-10H,4-8,12H2,1-3H3. The number of carbonyl (C=O) groups excluding carboxylic acids is 1. The summed E-state index contributed by atoms with van der Waals surface area (Å²) in [6.45, 7) is 6.52. The molecule has 0 radical (unpaired) electrons. The van der Waals surface area contributed by atoms with E-state index in [0.29, 0.717) is 12.6 Å². The number of nitrogens with two attached hydrogens (primary N) is 1. The van der Waals surface area contributed by atoms with Crippen molar-refractivity contribution in [2.75, 3.05) is 26.7 Å². The number of nitrogens with zero attached hydrogens (tertiary/aromatic N) is 2. The van der Waals surface area contributed by atoms with Gasteiger partial charge in [-0.2, -0.15) is 0 Å². The maximum Gasteiger partial charge on any atom is 0.236 e. The molecule has 1 fully saturated rings. The van der Waals surface area contributed by atoms with Crippen LogP contribution in [-0.2, 0) is 4.79 Å². The Hall–Kier alpha value is -0.610. The monoisotopic (exact) mass is 213 g/mol. The third kappa shape index (κ3) is 3.80. The van der Waals surface area contributed by atoms with Crippen molar-refractivity contribution < 1.29 is 4.79 Å². The van der Waals surface area contributed by atoms with Gasteiger partial charge >= 0.3 is 0 Å². The molecule has 0 aromatic rings. The van der Waals surface area contributed by atoms with E-state index in [9.17, 15) is 4.79 Å². The Bertz CT molecular complexity index is 210. The summed E-state index contributed by atoms with van der Waals surface area (Å²) in [5.41, 5.74) is 5.81. The van der Waals surface area contributed by atoms with Crippen molar-refractivity contribution in [3.8, 4) is 0 Å². The topological polar surface area (TPSA) is 49.6 Å². The highest BCUT2D eigenvalue weighted by molar-refractivity contribution is 5.78. The second kappa shape index (κ2) is 5.47. The van der Waals surface area contributed by atoms with E-state index in [1.165, 1.54) is 0 Å². The Labute approximate surface area is 92.4 Å². The van der Waals surface area contributed by atoms with E-state index in [0.717, 1.165) is 25.9 Å². The summed E-state index contributed by atoms with van der Waals surface area (Å²) in [5, 5.41) is 0. The molecule has 4 nitrogen and oxygen atoms in total. The van der Waals surface area contributed by atoms with Crippen LogP contribution in [0.3, 0.4) is 0 Å². The van der Waals surface area contributed by atoms with Crippen LogP contribution in [0.5, 0.6) is 0 Å². The van der Waals surface area contributed by atoms with Crippen LogP contribution in [0.4, 0.5) is 0 Å². The number of carbonyl (C=O) groups is 1. The van der Waals surface area contributed by atoms with E-state index in [1.807, 2.05) is 20.9 Å². The average molecular weight is 213 g/mol. The fraction of sp³-hybridized carbons (Fsp3) is 0.909. The SMILES string of the molecule is CC(C)N(C)C(=O)CN1CCC(N)CC1. The molecule has 0 aliphatic carbocycles. The van der Waals surface area contributed by atoms with Crippen molar-refractivity contribution in [2.45, 2.75) is 38.8 Å². The van der Waals surface area contributed by atoms with Crippen LogP contribution >= 0.6 is 0 Å². The lowest BCUT2D eigenvalue weighted by molar-refractivity contribution is -0.132.